The second-order valence-corrected chi connectivity index (χ2v) is 16.7. The monoisotopic (exact) mass is 781 g/mol. The second-order valence-electron chi connectivity index (χ2n) is 16.7. The largest absolute Gasteiger partial charge is 0.488 e. The molecule has 0 bridgehead atoms. The SMILES string of the molecule is CCC/C=C(\C)C(C1=C(C[C@H]2C=CCC2)C=CC(C2=CC(C(N)N=C(/C=C/c3ccccc3)c3ccccc3)=CCC2)C1)c1ccc(N)c(OC(C)C2C=CC=CC2)c1. The molecule has 7 rings (SSSR count). The van der Waals surface area contributed by atoms with Crippen LogP contribution in [0.15, 0.2) is 185 Å². The smallest absolute Gasteiger partial charge is 0.142 e. The minimum absolute atomic E-state index is 0.00899. The number of allylic oxidation sites excluding steroid dienone is 14. The Labute approximate surface area is 354 Å². The van der Waals surface area contributed by atoms with Gasteiger partial charge in [-0.05, 0) is 117 Å². The van der Waals surface area contributed by atoms with E-state index in [1.807, 2.05) is 12.1 Å². The van der Waals surface area contributed by atoms with Crippen LogP contribution in [0, 0.1) is 17.8 Å². The van der Waals surface area contributed by atoms with Crippen LogP contribution in [0.1, 0.15) is 101 Å². The van der Waals surface area contributed by atoms with Crippen LogP contribution >= 0.6 is 0 Å². The van der Waals surface area contributed by atoms with Crippen molar-refractivity contribution < 1.29 is 4.74 Å². The van der Waals surface area contributed by atoms with E-state index in [0.717, 1.165) is 73.1 Å². The fourth-order valence-corrected chi connectivity index (χ4v) is 9.01. The minimum atomic E-state index is -0.476. The number of hydrogen-bond donors (Lipinski definition) is 2. The molecule has 3 aromatic carbocycles. The van der Waals surface area contributed by atoms with Crippen molar-refractivity contribution in [3.63, 3.8) is 0 Å². The molecule has 0 radical (unpaired) electrons. The van der Waals surface area contributed by atoms with Crippen LogP contribution < -0.4 is 16.2 Å². The van der Waals surface area contributed by atoms with Gasteiger partial charge < -0.3 is 16.2 Å². The van der Waals surface area contributed by atoms with Crippen LogP contribution in [-0.4, -0.2) is 18.0 Å². The molecular formula is C55H63N3O. The lowest BCUT2D eigenvalue weighted by atomic mass is 9.72. The molecule has 59 heavy (non-hydrogen) atoms. The fourth-order valence-electron chi connectivity index (χ4n) is 9.01. The molecule has 0 aromatic heterocycles. The average molecular weight is 782 g/mol. The molecule has 0 spiro atoms. The summed E-state index contributed by atoms with van der Waals surface area (Å²) < 4.78 is 6.69. The predicted molar refractivity (Wildman–Crippen MR) is 251 cm³/mol. The molecule has 4 N–H and O–H groups in total. The maximum Gasteiger partial charge on any atom is 0.142 e. The number of nitrogens with two attached hydrogens (primary N) is 2. The lowest BCUT2D eigenvalue weighted by Crippen LogP contribution is -2.24. The molecule has 3 aromatic rings. The lowest BCUT2D eigenvalue weighted by molar-refractivity contribution is 0.176. The summed E-state index contributed by atoms with van der Waals surface area (Å²) in [6.07, 6.45) is 38.8. The van der Waals surface area contributed by atoms with Crippen molar-refractivity contribution in [2.75, 3.05) is 5.73 Å². The Hall–Kier alpha value is -5.45. The van der Waals surface area contributed by atoms with Crippen molar-refractivity contribution in [2.45, 2.75) is 96.7 Å². The van der Waals surface area contributed by atoms with E-state index in [1.165, 1.54) is 40.7 Å². The Morgan fingerprint density at radius 3 is 2.51 bits per heavy atom. The highest BCUT2D eigenvalue weighted by Gasteiger charge is 2.30. The first-order valence-electron chi connectivity index (χ1n) is 22.0. The van der Waals surface area contributed by atoms with Crippen molar-refractivity contribution in [2.24, 2.45) is 28.5 Å². The summed E-state index contributed by atoms with van der Waals surface area (Å²) in [4.78, 5) is 5.16. The molecule has 0 saturated carbocycles. The van der Waals surface area contributed by atoms with Crippen LogP contribution in [0.5, 0.6) is 5.75 Å². The Morgan fingerprint density at radius 1 is 0.949 bits per heavy atom. The number of aliphatic imine (C=N–C) groups is 1. The number of rotatable bonds is 16. The minimum Gasteiger partial charge on any atom is -0.488 e. The Balaban J connectivity index is 1.20. The highest BCUT2D eigenvalue weighted by Crippen LogP contribution is 2.46. The van der Waals surface area contributed by atoms with Crippen LogP contribution in [0.25, 0.3) is 6.08 Å². The van der Waals surface area contributed by atoms with E-state index >= 15 is 0 Å². The molecule has 5 unspecified atom stereocenters. The van der Waals surface area contributed by atoms with Crippen molar-refractivity contribution in [1.29, 1.82) is 0 Å². The second kappa shape index (κ2) is 20.5. The topological polar surface area (TPSA) is 73.6 Å². The summed E-state index contributed by atoms with van der Waals surface area (Å²) >= 11 is 0. The number of anilines is 1. The van der Waals surface area contributed by atoms with Crippen LogP contribution in [0.3, 0.4) is 0 Å². The third-order valence-electron chi connectivity index (χ3n) is 12.4. The van der Waals surface area contributed by atoms with Gasteiger partial charge in [0.25, 0.3) is 0 Å². The summed E-state index contributed by atoms with van der Waals surface area (Å²) in [6.45, 7) is 6.76. The van der Waals surface area contributed by atoms with E-state index in [1.54, 1.807) is 0 Å². The van der Waals surface area contributed by atoms with Crippen molar-refractivity contribution in [3.05, 3.63) is 196 Å². The molecule has 4 heteroatoms. The first-order valence-corrected chi connectivity index (χ1v) is 22.0. The lowest BCUT2D eigenvalue weighted by Gasteiger charge is -2.33. The van der Waals surface area contributed by atoms with Crippen LogP contribution in [-0.2, 0) is 0 Å². The molecule has 4 aliphatic carbocycles. The summed E-state index contributed by atoms with van der Waals surface area (Å²) in [5.41, 5.74) is 25.6. The van der Waals surface area contributed by atoms with Gasteiger partial charge in [0.1, 0.15) is 18.0 Å². The summed E-state index contributed by atoms with van der Waals surface area (Å²) in [6, 6.07) is 27.3. The molecule has 4 nitrogen and oxygen atoms in total. The van der Waals surface area contributed by atoms with Gasteiger partial charge in [-0.25, -0.2) is 0 Å². The fraction of sp³-hybridized carbons (Fsp3) is 0.327. The Bertz CT molecular complexity index is 2210. The quantitative estimate of drug-likeness (QED) is 0.0863. The number of ether oxygens (including phenoxy) is 1. The Morgan fingerprint density at radius 2 is 1.76 bits per heavy atom. The van der Waals surface area contributed by atoms with Crippen LogP contribution in [0.4, 0.5) is 5.69 Å². The van der Waals surface area contributed by atoms with Crippen molar-refractivity contribution in [1.82, 2.24) is 0 Å². The summed E-state index contributed by atoms with van der Waals surface area (Å²) in [5.74, 6) is 2.07. The van der Waals surface area contributed by atoms with E-state index < -0.39 is 6.17 Å². The standard InChI is InChI=1S/C55H63N3O/c1-4-5-18-39(2)54(48-32-33-51(56)53(38-48)59-40(3)43-23-11-7-12-24-43)50-37-46(30-31-47(50)35-42-21-15-16-22-42)45-27-17-28-49(36-45)55(57)58-52(44-25-13-8-14-26-44)34-29-41-19-9-6-10-20-41/h6-15,18-21,23,25-26,28-34,36,38,40,42-43,46,54-55H,4-5,16-17,22,24,27,35,37,56-57H2,1-3H3/b34-29+,39-18+,58-52?/t40?,42-,43?,46?,54?,55?/m0/s1. The normalized spacial score (nSPS) is 22.4. The molecule has 0 aliphatic heterocycles. The molecule has 0 fully saturated rings. The highest BCUT2D eigenvalue weighted by molar-refractivity contribution is 6.10. The summed E-state index contributed by atoms with van der Waals surface area (Å²) in [5, 5.41) is 0. The zero-order valence-corrected chi connectivity index (χ0v) is 35.3. The maximum atomic E-state index is 7.00. The van der Waals surface area contributed by atoms with Gasteiger partial charge in [-0.2, -0.15) is 0 Å². The number of nitrogen functional groups attached to an aromatic ring is 1. The Kier molecular flexibility index (Phi) is 14.5. The van der Waals surface area contributed by atoms with Crippen molar-refractivity contribution in [3.8, 4) is 5.75 Å². The molecule has 0 amide bonds. The molecule has 6 atom stereocenters. The van der Waals surface area contributed by atoms with Gasteiger partial charge in [0.15, 0.2) is 0 Å². The van der Waals surface area contributed by atoms with E-state index in [4.69, 9.17) is 21.2 Å². The van der Waals surface area contributed by atoms with Crippen molar-refractivity contribution >= 4 is 17.5 Å². The molecular weight excluding hydrogens is 719 g/mol. The van der Waals surface area contributed by atoms with Gasteiger partial charge in [0.2, 0.25) is 0 Å². The van der Waals surface area contributed by atoms with E-state index in [9.17, 15) is 0 Å². The molecule has 0 saturated heterocycles. The van der Waals surface area contributed by atoms with Gasteiger partial charge >= 0.3 is 0 Å². The highest BCUT2D eigenvalue weighted by atomic mass is 16.5. The maximum absolute atomic E-state index is 7.00. The van der Waals surface area contributed by atoms with E-state index in [0.29, 0.717) is 17.5 Å². The first-order chi connectivity index (χ1) is 28.9. The number of hydrogen-bond acceptors (Lipinski definition) is 4. The van der Waals surface area contributed by atoms with Gasteiger partial charge in [0, 0.05) is 17.8 Å². The zero-order chi connectivity index (χ0) is 41.0. The number of benzene rings is 3. The molecule has 0 heterocycles. The van der Waals surface area contributed by atoms with Gasteiger partial charge in [-0.15, -0.1) is 0 Å². The van der Waals surface area contributed by atoms with Gasteiger partial charge in [0.05, 0.1) is 11.4 Å². The third kappa shape index (κ3) is 11.0. The third-order valence-corrected chi connectivity index (χ3v) is 12.4. The summed E-state index contributed by atoms with van der Waals surface area (Å²) in [7, 11) is 0. The molecule has 304 valence electrons. The van der Waals surface area contributed by atoms with Gasteiger partial charge in [-0.3, -0.25) is 4.99 Å². The van der Waals surface area contributed by atoms with E-state index in [2.05, 4.69) is 166 Å². The molecule has 4 aliphatic rings. The van der Waals surface area contributed by atoms with E-state index in [-0.39, 0.29) is 17.9 Å². The predicted octanol–water partition coefficient (Wildman–Crippen LogP) is 13.4. The number of nitrogens with zero attached hydrogens (tertiary/aromatic N) is 1. The average Bonchev–Trinajstić information content (AvgIpc) is 3.80. The first kappa shape index (κ1) is 41.7. The number of unbranched alkanes of at least 4 members (excludes halogenated alkanes) is 1. The zero-order valence-electron chi connectivity index (χ0n) is 35.3. The van der Waals surface area contributed by atoms with Gasteiger partial charge in [-0.1, -0.05) is 170 Å². The van der Waals surface area contributed by atoms with Crippen LogP contribution in [0.2, 0.25) is 0 Å².